The molecule has 2 aromatic carbocycles. The van der Waals surface area contributed by atoms with Gasteiger partial charge < -0.3 is 19.2 Å². The normalized spacial score (nSPS) is 10.2. The molecule has 0 saturated heterocycles. The van der Waals surface area contributed by atoms with E-state index in [2.05, 4.69) is 20.8 Å². The van der Waals surface area contributed by atoms with E-state index >= 15 is 0 Å². The lowest BCUT2D eigenvalue weighted by Gasteiger charge is -2.10. The van der Waals surface area contributed by atoms with Crippen LogP contribution in [-0.2, 0) is 14.3 Å². The molecule has 10 nitrogen and oxygen atoms in total. The summed E-state index contributed by atoms with van der Waals surface area (Å²) in [5.41, 5.74) is 0.990. The smallest absolute Gasteiger partial charge is 0.325 e. The van der Waals surface area contributed by atoms with Crippen LogP contribution in [0.15, 0.2) is 59.0 Å². The molecule has 0 bridgehead atoms. The summed E-state index contributed by atoms with van der Waals surface area (Å²) in [5, 5.41) is 12.3. The quantitative estimate of drug-likeness (QED) is 0.499. The van der Waals surface area contributed by atoms with Crippen LogP contribution in [0.1, 0.15) is 17.3 Å². The number of carbonyl (C=O) groups excluding carboxylic acids is 3. The van der Waals surface area contributed by atoms with Crippen molar-refractivity contribution in [2.24, 2.45) is 0 Å². The van der Waals surface area contributed by atoms with E-state index in [4.69, 9.17) is 13.9 Å². The van der Waals surface area contributed by atoms with Crippen molar-refractivity contribution in [2.45, 2.75) is 6.92 Å². The monoisotopic (exact) mass is 424 g/mol. The van der Waals surface area contributed by atoms with Crippen LogP contribution < -0.4 is 15.4 Å². The second-order valence-electron chi connectivity index (χ2n) is 6.10. The summed E-state index contributed by atoms with van der Waals surface area (Å²) in [6, 6.07) is 15.6. The van der Waals surface area contributed by atoms with Crippen molar-refractivity contribution in [3.05, 3.63) is 60.2 Å². The molecular weight excluding hydrogens is 404 g/mol. The first-order valence-electron chi connectivity index (χ1n) is 9.41. The predicted octanol–water partition coefficient (Wildman–Crippen LogP) is 2.05. The fourth-order valence-corrected chi connectivity index (χ4v) is 2.51. The number of carbonyl (C=O) groups is 3. The molecule has 1 heterocycles. The molecule has 0 radical (unpaired) electrons. The highest BCUT2D eigenvalue weighted by Crippen LogP contribution is 2.19. The molecule has 0 unspecified atom stereocenters. The largest absolute Gasteiger partial charge is 0.493 e. The maximum Gasteiger partial charge on any atom is 0.325 e. The Morgan fingerprint density at radius 1 is 1.00 bits per heavy atom. The van der Waals surface area contributed by atoms with E-state index < -0.39 is 30.9 Å². The van der Waals surface area contributed by atoms with Gasteiger partial charge in [0.2, 0.25) is 5.89 Å². The van der Waals surface area contributed by atoms with Crippen molar-refractivity contribution in [1.29, 1.82) is 0 Å². The van der Waals surface area contributed by atoms with Gasteiger partial charge in [0.05, 0.1) is 12.2 Å². The molecule has 1 aromatic heterocycles. The predicted molar refractivity (Wildman–Crippen MR) is 109 cm³/mol. The van der Waals surface area contributed by atoms with Crippen molar-refractivity contribution < 1.29 is 28.3 Å². The Balaban J connectivity index is 1.43. The van der Waals surface area contributed by atoms with Crippen LogP contribution in [0.25, 0.3) is 11.5 Å². The van der Waals surface area contributed by atoms with Gasteiger partial charge in [-0.15, -0.1) is 5.10 Å². The average Bonchev–Trinajstić information content (AvgIpc) is 3.25. The van der Waals surface area contributed by atoms with Gasteiger partial charge in [-0.05, 0) is 31.2 Å². The van der Waals surface area contributed by atoms with E-state index in [-0.39, 0.29) is 11.9 Å². The minimum absolute atomic E-state index is 0.124. The van der Waals surface area contributed by atoms with Gasteiger partial charge in [-0.25, -0.2) is 0 Å². The second-order valence-corrected chi connectivity index (χ2v) is 6.10. The van der Waals surface area contributed by atoms with Gasteiger partial charge in [0, 0.05) is 5.56 Å². The summed E-state index contributed by atoms with van der Waals surface area (Å²) in [6.07, 6.45) is 0. The Labute approximate surface area is 177 Å². The minimum atomic E-state index is -0.784. The molecule has 2 amide bonds. The number of para-hydroxylation sites is 1. The highest BCUT2D eigenvalue weighted by Gasteiger charge is 2.15. The number of hydrogen-bond acceptors (Lipinski definition) is 8. The zero-order chi connectivity index (χ0) is 22.1. The topological polar surface area (TPSA) is 133 Å². The molecule has 31 heavy (non-hydrogen) atoms. The molecule has 0 saturated carbocycles. The molecular formula is C21H20N4O6. The van der Waals surface area contributed by atoms with E-state index in [0.29, 0.717) is 23.5 Å². The molecule has 0 fully saturated rings. The van der Waals surface area contributed by atoms with Crippen molar-refractivity contribution >= 4 is 23.8 Å². The summed E-state index contributed by atoms with van der Waals surface area (Å²) in [6.45, 7) is 1.21. The molecule has 3 aromatic rings. The van der Waals surface area contributed by atoms with Crippen LogP contribution in [0.4, 0.5) is 6.01 Å². The standard InChI is InChI=1S/C21H20N4O6/c1-2-29-16-11-7-6-10-15(16)19(28)22-12-18(27)30-13-17(26)23-21-25-24-20(31-21)14-8-4-3-5-9-14/h3-11H,2,12-13H2,1H3,(H,22,28)(H,23,25,26). The minimum Gasteiger partial charge on any atom is -0.493 e. The molecule has 2 N–H and O–H groups in total. The van der Waals surface area contributed by atoms with Gasteiger partial charge in [-0.1, -0.05) is 35.4 Å². The second kappa shape index (κ2) is 10.5. The molecule has 0 aliphatic carbocycles. The third-order valence-corrected chi connectivity index (χ3v) is 3.88. The molecule has 0 spiro atoms. The molecule has 160 valence electrons. The molecule has 0 aliphatic heterocycles. The first kappa shape index (κ1) is 21.5. The molecule has 3 rings (SSSR count). The summed E-state index contributed by atoms with van der Waals surface area (Å²) >= 11 is 0. The molecule has 0 atom stereocenters. The Morgan fingerprint density at radius 2 is 1.74 bits per heavy atom. The zero-order valence-electron chi connectivity index (χ0n) is 16.7. The lowest BCUT2D eigenvalue weighted by Crippen LogP contribution is -2.32. The maximum atomic E-state index is 12.2. The van der Waals surface area contributed by atoms with E-state index in [1.807, 2.05) is 18.2 Å². The number of aromatic nitrogens is 2. The lowest BCUT2D eigenvalue weighted by atomic mass is 10.2. The van der Waals surface area contributed by atoms with Gasteiger partial charge in [0.25, 0.3) is 11.8 Å². The highest BCUT2D eigenvalue weighted by molar-refractivity contribution is 5.98. The number of rotatable bonds is 9. The van der Waals surface area contributed by atoms with E-state index in [1.165, 1.54) is 0 Å². The summed E-state index contributed by atoms with van der Waals surface area (Å²) in [7, 11) is 0. The Kier molecular flexibility index (Phi) is 7.30. The number of ether oxygens (including phenoxy) is 2. The van der Waals surface area contributed by atoms with E-state index in [0.717, 1.165) is 0 Å². The average molecular weight is 424 g/mol. The Morgan fingerprint density at radius 3 is 2.52 bits per heavy atom. The van der Waals surface area contributed by atoms with Gasteiger partial charge in [-0.3, -0.25) is 19.7 Å². The number of hydrogen-bond donors (Lipinski definition) is 2. The lowest BCUT2D eigenvalue weighted by molar-refractivity contribution is -0.146. The van der Waals surface area contributed by atoms with Crippen molar-refractivity contribution in [3.8, 4) is 17.2 Å². The van der Waals surface area contributed by atoms with Crippen LogP contribution >= 0.6 is 0 Å². The van der Waals surface area contributed by atoms with E-state index in [1.54, 1.807) is 43.3 Å². The van der Waals surface area contributed by atoms with Crippen molar-refractivity contribution in [2.75, 3.05) is 25.1 Å². The van der Waals surface area contributed by atoms with Crippen molar-refractivity contribution in [1.82, 2.24) is 15.5 Å². The number of benzene rings is 2. The summed E-state index contributed by atoms with van der Waals surface area (Å²) < 4.78 is 15.6. The van der Waals surface area contributed by atoms with Gasteiger partial charge >= 0.3 is 12.0 Å². The summed E-state index contributed by atoms with van der Waals surface area (Å²) in [4.78, 5) is 36.0. The fraction of sp³-hybridized carbons (Fsp3) is 0.190. The fourth-order valence-electron chi connectivity index (χ4n) is 2.51. The molecule has 0 aliphatic rings. The van der Waals surface area contributed by atoms with Crippen LogP contribution in [0.3, 0.4) is 0 Å². The van der Waals surface area contributed by atoms with Crippen LogP contribution in [0.5, 0.6) is 5.75 Å². The van der Waals surface area contributed by atoms with Crippen LogP contribution in [0, 0.1) is 0 Å². The van der Waals surface area contributed by atoms with Crippen LogP contribution in [-0.4, -0.2) is 47.7 Å². The van der Waals surface area contributed by atoms with E-state index in [9.17, 15) is 14.4 Å². The Hall–Kier alpha value is -4.21. The highest BCUT2D eigenvalue weighted by atomic mass is 16.5. The van der Waals surface area contributed by atoms with Gasteiger partial charge in [0.1, 0.15) is 12.3 Å². The zero-order valence-corrected chi connectivity index (χ0v) is 16.7. The van der Waals surface area contributed by atoms with Crippen LogP contribution in [0.2, 0.25) is 0 Å². The number of nitrogens with zero attached hydrogens (tertiary/aromatic N) is 2. The Bertz CT molecular complexity index is 1050. The number of esters is 1. The summed E-state index contributed by atoms with van der Waals surface area (Å²) in [5.74, 6) is -1.30. The van der Waals surface area contributed by atoms with Gasteiger partial charge in [0.15, 0.2) is 6.61 Å². The first-order chi connectivity index (χ1) is 15.1. The van der Waals surface area contributed by atoms with Gasteiger partial charge in [-0.2, -0.15) is 0 Å². The number of amides is 2. The van der Waals surface area contributed by atoms with Crippen molar-refractivity contribution in [3.63, 3.8) is 0 Å². The number of nitrogens with one attached hydrogen (secondary N) is 2. The number of anilines is 1. The SMILES string of the molecule is CCOc1ccccc1C(=O)NCC(=O)OCC(=O)Nc1nnc(-c2ccccc2)o1. The molecule has 10 heteroatoms. The third-order valence-electron chi connectivity index (χ3n) is 3.88. The third kappa shape index (κ3) is 6.13. The maximum absolute atomic E-state index is 12.2. The first-order valence-corrected chi connectivity index (χ1v) is 9.41.